The molecular weight excluding hydrogens is 364 g/mol. The lowest BCUT2D eigenvalue weighted by Crippen LogP contribution is -2.35. The van der Waals surface area contributed by atoms with Crippen LogP contribution in [0.1, 0.15) is 17.7 Å². The summed E-state index contributed by atoms with van der Waals surface area (Å²) >= 11 is 0. The van der Waals surface area contributed by atoms with Crippen LogP contribution in [0.2, 0.25) is 0 Å². The molecular formula is C19H22N4O3S. The van der Waals surface area contributed by atoms with Crippen molar-refractivity contribution < 1.29 is 13.2 Å². The molecule has 0 N–H and O–H groups in total. The highest BCUT2D eigenvalue weighted by molar-refractivity contribution is 7.91. The van der Waals surface area contributed by atoms with Gasteiger partial charge in [0.1, 0.15) is 5.75 Å². The van der Waals surface area contributed by atoms with Crippen LogP contribution in [0, 0.1) is 0 Å². The summed E-state index contributed by atoms with van der Waals surface area (Å²) in [5, 5.41) is 0. The lowest BCUT2D eigenvalue weighted by molar-refractivity contribution is 0.192. The SMILES string of the molecule is COc1ccc(CN(Cc2cn3cccnc3n2)[C@@H]2CCS(=O)(=O)C2)cc1. The molecule has 4 rings (SSSR count). The average molecular weight is 386 g/mol. The summed E-state index contributed by atoms with van der Waals surface area (Å²) in [6.45, 7) is 1.24. The first-order valence-electron chi connectivity index (χ1n) is 8.88. The third-order valence-corrected chi connectivity index (χ3v) is 6.67. The number of hydrogen-bond acceptors (Lipinski definition) is 6. The van der Waals surface area contributed by atoms with Crippen LogP contribution in [0.25, 0.3) is 5.78 Å². The molecule has 0 radical (unpaired) electrons. The molecule has 1 aromatic carbocycles. The van der Waals surface area contributed by atoms with Crippen LogP contribution in [0.4, 0.5) is 0 Å². The molecule has 0 spiro atoms. The number of fused-ring (bicyclic) bond motifs is 1. The molecule has 142 valence electrons. The molecule has 1 aliphatic rings. The maximum Gasteiger partial charge on any atom is 0.233 e. The molecule has 1 saturated heterocycles. The quantitative estimate of drug-likeness (QED) is 0.644. The Kier molecular flexibility index (Phi) is 4.84. The number of aromatic nitrogens is 3. The van der Waals surface area contributed by atoms with E-state index in [4.69, 9.17) is 4.74 Å². The van der Waals surface area contributed by atoms with E-state index in [1.807, 2.05) is 47.1 Å². The van der Waals surface area contributed by atoms with Crippen molar-refractivity contribution in [2.24, 2.45) is 0 Å². The van der Waals surface area contributed by atoms with E-state index >= 15 is 0 Å². The highest BCUT2D eigenvalue weighted by Gasteiger charge is 2.32. The van der Waals surface area contributed by atoms with Gasteiger partial charge in [-0.15, -0.1) is 0 Å². The molecule has 8 heteroatoms. The van der Waals surface area contributed by atoms with Crippen molar-refractivity contribution in [1.29, 1.82) is 0 Å². The van der Waals surface area contributed by atoms with E-state index in [9.17, 15) is 8.42 Å². The Labute approximate surface area is 158 Å². The predicted molar refractivity (Wildman–Crippen MR) is 102 cm³/mol. The van der Waals surface area contributed by atoms with Crippen molar-refractivity contribution in [2.75, 3.05) is 18.6 Å². The Morgan fingerprint density at radius 3 is 2.74 bits per heavy atom. The van der Waals surface area contributed by atoms with E-state index in [-0.39, 0.29) is 17.5 Å². The first-order valence-corrected chi connectivity index (χ1v) is 10.7. The molecule has 1 fully saturated rings. The van der Waals surface area contributed by atoms with Crippen LogP contribution in [0.3, 0.4) is 0 Å². The predicted octanol–water partition coefficient (Wildman–Crippen LogP) is 1.93. The number of imidazole rings is 1. The second-order valence-corrected chi connectivity index (χ2v) is 9.10. The molecule has 3 aromatic rings. The highest BCUT2D eigenvalue weighted by atomic mass is 32.2. The van der Waals surface area contributed by atoms with Gasteiger partial charge in [-0.2, -0.15) is 0 Å². The summed E-state index contributed by atoms with van der Waals surface area (Å²) in [7, 11) is -1.32. The summed E-state index contributed by atoms with van der Waals surface area (Å²) in [6, 6.07) is 9.73. The maximum absolute atomic E-state index is 12.0. The van der Waals surface area contributed by atoms with E-state index in [0.29, 0.717) is 25.3 Å². The first-order chi connectivity index (χ1) is 13.0. The maximum atomic E-state index is 12.0. The summed E-state index contributed by atoms with van der Waals surface area (Å²) in [5.41, 5.74) is 1.99. The summed E-state index contributed by atoms with van der Waals surface area (Å²) in [5.74, 6) is 1.91. The molecule has 0 saturated carbocycles. The van der Waals surface area contributed by atoms with Gasteiger partial charge < -0.3 is 4.74 Å². The molecule has 0 amide bonds. The van der Waals surface area contributed by atoms with E-state index in [1.54, 1.807) is 13.3 Å². The van der Waals surface area contributed by atoms with Crippen LogP contribution < -0.4 is 4.74 Å². The fourth-order valence-corrected chi connectivity index (χ4v) is 5.27. The minimum Gasteiger partial charge on any atom is -0.497 e. The Hall–Kier alpha value is -2.45. The number of ether oxygens (including phenoxy) is 1. The van der Waals surface area contributed by atoms with Crippen molar-refractivity contribution in [3.05, 3.63) is 60.2 Å². The van der Waals surface area contributed by atoms with Crippen molar-refractivity contribution in [1.82, 2.24) is 19.3 Å². The standard InChI is InChI=1S/C19H22N4O3S/c1-26-18-5-3-15(4-6-18)11-23(17-7-10-27(24,25)14-17)13-16-12-22-9-2-8-20-19(22)21-16/h2-6,8-9,12,17H,7,10-11,13-14H2,1H3/t17-/m1/s1. The zero-order chi connectivity index (χ0) is 18.9. The molecule has 3 heterocycles. The number of benzene rings is 1. The third kappa shape index (κ3) is 4.12. The topological polar surface area (TPSA) is 76.8 Å². The van der Waals surface area contributed by atoms with Gasteiger partial charge in [0.15, 0.2) is 9.84 Å². The van der Waals surface area contributed by atoms with Crippen molar-refractivity contribution in [3.8, 4) is 5.75 Å². The smallest absolute Gasteiger partial charge is 0.233 e. The van der Waals surface area contributed by atoms with Gasteiger partial charge in [-0.1, -0.05) is 12.1 Å². The van der Waals surface area contributed by atoms with Gasteiger partial charge in [-0.3, -0.25) is 9.30 Å². The van der Waals surface area contributed by atoms with Crippen molar-refractivity contribution in [3.63, 3.8) is 0 Å². The lowest BCUT2D eigenvalue weighted by atomic mass is 10.1. The van der Waals surface area contributed by atoms with Crippen LogP contribution in [0.15, 0.2) is 48.9 Å². The summed E-state index contributed by atoms with van der Waals surface area (Å²) in [6.07, 6.45) is 6.23. The number of rotatable bonds is 6. The number of nitrogens with zero attached hydrogens (tertiary/aromatic N) is 4. The van der Waals surface area contributed by atoms with Gasteiger partial charge in [0.05, 0.1) is 24.3 Å². The van der Waals surface area contributed by atoms with Gasteiger partial charge >= 0.3 is 0 Å². The Bertz CT molecular complexity index is 998. The minimum absolute atomic E-state index is 0.00475. The summed E-state index contributed by atoms with van der Waals surface area (Å²) < 4.78 is 31.1. The monoisotopic (exact) mass is 386 g/mol. The average Bonchev–Trinajstić information content (AvgIpc) is 3.24. The molecule has 1 atom stereocenters. The molecule has 7 nitrogen and oxygen atoms in total. The largest absolute Gasteiger partial charge is 0.497 e. The molecule has 0 bridgehead atoms. The van der Waals surface area contributed by atoms with Crippen molar-refractivity contribution >= 4 is 15.6 Å². The van der Waals surface area contributed by atoms with Gasteiger partial charge in [0.2, 0.25) is 5.78 Å². The normalized spacial score (nSPS) is 19.0. The van der Waals surface area contributed by atoms with E-state index in [2.05, 4.69) is 14.9 Å². The molecule has 1 aliphatic heterocycles. The van der Waals surface area contributed by atoms with Crippen LogP contribution >= 0.6 is 0 Å². The van der Waals surface area contributed by atoms with Crippen LogP contribution in [-0.4, -0.2) is 52.3 Å². The Morgan fingerprint density at radius 2 is 2.07 bits per heavy atom. The molecule has 2 aromatic heterocycles. The number of methoxy groups -OCH3 is 1. The zero-order valence-electron chi connectivity index (χ0n) is 15.2. The van der Waals surface area contributed by atoms with Gasteiger partial charge in [0, 0.05) is 37.7 Å². The molecule has 27 heavy (non-hydrogen) atoms. The van der Waals surface area contributed by atoms with E-state index < -0.39 is 9.84 Å². The zero-order valence-corrected chi connectivity index (χ0v) is 16.0. The fourth-order valence-electron chi connectivity index (χ4n) is 3.51. The number of hydrogen-bond donors (Lipinski definition) is 0. The lowest BCUT2D eigenvalue weighted by Gasteiger charge is -2.27. The van der Waals surface area contributed by atoms with Gasteiger partial charge in [-0.05, 0) is 30.2 Å². The summed E-state index contributed by atoms with van der Waals surface area (Å²) in [4.78, 5) is 11.0. The highest BCUT2D eigenvalue weighted by Crippen LogP contribution is 2.23. The molecule has 0 aliphatic carbocycles. The second-order valence-electron chi connectivity index (χ2n) is 6.87. The van der Waals surface area contributed by atoms with E-state index in [0.717, 1.165) is 17.0 Å². The van der Waals surface area contributed by atoms with Crippen LogP contribution in [0.5, 0.6) is 5.75 Å². The second kappa shape index (κ2) is 7.28. The van der Waals surface area contributed by atoms with Gasteiger partial charge in [-0.25, -0.2) is 18.4 Å². The van der Waals surface area contributed by atoms with Gasteiger partial charge in [0.25, 0.3) is 0 Å². The van der Waals surface area contributed by atoms with Crippen LogP contribution in [-0.2, 0) is 22.9 Å². The van der Waals surface area contributed by atoms with E-state index in [1.165, 1.54) is 0 Å². The van der Waals surface area contributed by atoms with Crippen molar-refractivity contribution in [2.45, 2.75) is 25.6 Å². The molecule has 0 unspecified atom stereocenters. The third-order valence-electron chi connectivity index (χ3n) is 4.92. The fraction of sp³-hybridized carbons (Fsp3) is 0.368. The minimum atomic E-state index is -2.96. The number of sulfone groups is 1. The Morgan fingerprint density at radius 1 is 1.26 bits per heavy atom. The Balaban J connectivity index is 1.58. The first kappa shape index (κ1) is 17.9.